The summed E-state index contributed by atoms with van der Waals surface area (Å²) >= 11 is 0. The van der Waals surface area contributed by atoms with Crippen LogP contribution in [0.3, 0.4) is 0 Å². The van der Waals surface area contributed by atoms with Gasteiger partial charge in [0.15, 0.2) is 0 Å². The lowest BCUT2D eigenvalue weighted by Crippen LogP contribution is -2.37. The van der Waals surface area contributed by atoms with E-state index >= 15 is 0 Å². The van der Waals surface area contributed by atoms with E-state index in [1.54, 1.807) is 11.8 Å². The molecule has 14 heavy (non-hydrogen) atoms. The molecule has 0 fully saturated rings. The Labute approximate surface area is 85.1 Å². The van der Waals surface area contributed by atoms with Crippen LogP contribution in [0.1, 0.15) is 26.7 Å². The van der Waals surface area contributed by atoms with E-state index in [0.717, 1.165) is 12.8 Å². The summed E-state index contributed by atoms with van der Waals surface area (Å²) < 4.78 is 0. The number of nitrogens with zero attached hydrogens (tertiary/aromatic N) is 2. The SMILES string of the molecule is CCCCN(CCO)C(=O)C(C)C#N. The van der Waals surface area contributed by atoms with Crippen molar-refractivity contribution in [1.29, 1.82) is 5.26 Å². The number of unbranched alkanes of at least 4 members (excludes halogenated alkanes) is 1. The van der Waals surface area contributed by atoms with Crippen molar-refractivity contribution in [3.05, 3.63) is 0 Å². The van der Waals surface area contributed by atoms with Crippen LogP contribution in [0.4, 0.5) is 0 Å². The second kappa shape index (κ2) is 7.34. The second-order valence-electron chi connectivity index (χ2n) is 3.25. The topological polar surface area (TPSA) is 64.3 Å². The summed E-state index contributed by atoms with van der Waals surface area (Å²) in [5.41, 5.74) is 0. The lowest BCUT2D eigenvalue weighted by molar-refractivity contribution is -0.133. The minimum Gasteiger partial charge on any atom is -0.395 e. The second-order valence-corrected chi connectivity index (χ2v) is 3.25. The molecular formula is C10H18N2O2. The Hall–Kier alpha value is -1.08. The van der Waals surface area contributed by atoms with Gasteiger partial charge in [0.05, 0.1) is 12.7 Å². The average molecular weight is 198 g/mol. The zero-order valence-electron chi connectivity index (χ0n) is 8.86. The van der Waals surface area contributed by atoms with Crippen molar-refractivity contribution < 1.29 is 9.90 Å². The van der Waals surface area contributed by atoms with Crippen LogP contribution in [0, 0.1) is 17.2 Å². The molecule has 1 unspecified atom stereocenters. The molecule has 1 atom stereocenters. The molecule has 0 aliphatic heterocycles. The van der Waals surface area contributed by atoms with Crippen molar-refractivity contribution in [2.75, 3.05) is 19.7 Å². The summed E-state index contributed by atoms with van der Waals surface area (Å²) in [6.07, 6.45) is 1.90. The third-order valence-corrected chi connectivity index (χ3v) is 2.03. The summed E-state index contributed by atoms with van der Waals surface area (Å²) in [7, 11) is 0. The fourth-order valence-corrected chi connectivity index (χ4v) is 1.13. The maximum Gasteiger partial charge on any atom is 0.239 e. The van der Waals surface area contributed by atoms with Gasteiger partial charge in [-0.3, -0.25) is 4.79 Å². The summed E-state index contributed by atoms with van der Waals surface area (Å²) in [4.78, 5) is 13.1. The Morgan fingerprint density at radius 3 is 2.64 bits per heavy atom. The highest BCUT2D eigenvalue weighted by Gasteiger charge is 2.18. The maximum absolute atomic E-state index is 11.6. The first-order valence-electron chi connectivity index (χ1n) is 4.96. The van der Waals surface area contributed by atoms with Crippen molar-refractivity contribution >= 4 is 5.91 Å². The van der Waals surface area contributed by atoms with Crippen molar-refractivity contribution in [3.8, 4) is 6.07 Å². The lowest BCUT2D eigenvalue weighted by Gasteiger charge is -2.22. The van der Waals surface area contributed by atoms with E-state index in [1.165, 1.54) is 0 Å². The van der Waals surface area contributed by atoms with Gasteiger partial charge < -0.3 is 10.0 Å². The van der Waals surface area contributed by atoms with Crippen LogP contribution in [0.25, 0.3) is 0 Å². The molecule has 0 heterocycles. The molecule has 0 aliphatic rings. The Morgan fingerprint density at radius 1 is 1.57 bits per heavy atom. The Morgan fingerprint density at radius 2 is 2.21 bits per heavy atom. The molecule has 0 aromatic rings. The van der Waals surface area contributed by atoms with Crippen molar-refractivity contribution in [3.63, 3.8) is 0 Å². The Bertz CT molecular complexity index is 211. The summed E-state index contributed by atoms with van der Waals surface area (Å²) in [6.45, 7) is 4.52. The predicted octanol–water partition coefficient (Wildman–Crippen LogP) is 0.767. The molecule has 0 aromatic carbocycles. The van der Waals surface area contributed by atoms with Crippen LogP contribution in [-0.4, -0.2) is 35.6 Å². The van der Waals surface area contributed by atoms with Crippen LogP contribution in [0.15, 0.2) is 0 Å². The Kier molecular flexibility index (Phi) is 6.77. The van der Waals surface area contributed by atoms with Gasteiger partial charge in [0, 0.05) is 13.1 Å². The number of carbonyl (C=O) groups excluding carboxylic acids is 1. The van der Waals surface area contributed by atoms with Gasteiger partial charge in [0.2, 0.25) is 5.91 Å². The van der Waals surface area contributed by atoms with Gasteiger partial charge >= 0.3 is 0 Å². The predicted molar refractivity (Wildman–Crippen MR) is 53.4 cm³/mol. The highest BCUT2D eigenvalue weighted by molar-refractivity contribution is 5.80. The van der Waals surface area contributed by atoms with Crippen LogP contribution >= 0.6 is 0 Å². The molecule has 0 bridgehead atoms. The molecule has 0 saturated heterocycles. The van der Waals surface area contributed by atoms with Crippen LogP contribution < -0.4 is 0 Å². The van der Waals surface area contributed by atoms with E-state index in [1.807, 2.05) is 13.0 Å². The Balaban J connectivity index is 4.18. The van der Waals surface area contributed by atoms with Crippen molar-refractivity contribution in [2.24, 2.45) is 5.92 Å². The van der Waals surface area contributed by atoms with Crippen LogP contribution in [-0.2, 0) is 4.79 Å². The van der Waals surface area contributed by atoms with Gasteiger partial charge in [0.1, 0.15) is 5.92 Å². The first-order chi connectivity index (χ1) is 6.67. The van der Waals surface area contributed by atoms with Crippen LogP contribution in [0.2, 0.25) is 0 Å². The highest BCUT2D eigenvalue weighted by Crippen LogP contribution is 2.03. The molecule has 1 N–H and O–H groups in total. The molecule has 0 rings (SSSR count). The smallest absolute Gasteiger partial charge is 0.239 e. The minimum absolute atomic E-state index is 0.0480. The van der Waals surface area contributed by atoms with Gasteiger partial charge in [0.25, 0.3) is 0 Å². The molecule has 1 amide bonds. The molecule has 4 heteroatoms. The molecule has 0 aliphatic carbocycles. The minimum atomic E-state index is -0.613. The molecule has 0 spiro atoms. The third kappa shape index (κ3) is 4.24. The van der Waals surface area contributed by atoms with Gasteiger partial charge in [-0.2, -0.15) is 5.26 Å². The molecule has 0 radical (unpaired) electrons. The van der Waals surface area contributed by atoms with Gasteiger partial charge in [-0.1, -0.05) is 13.3 Å². The molecule has 80 valence electrons. The normalized spacial score (nSPS) is 11.9. The number of aliphatic hydroxyl groups is 1. The molecular weight excluding hydrogens is 180 g/mol. The number of carbonyl (C=O) groups is 1. The first-order valence-corrected chi connectivity index (χ1v) is 4.96. The van der Waals surface area contributed by atoms with E-state index in [9.17, 15) is 4.79 Å². The van der Waals surface area contributed by atoms with E-state index in [4.69, 9.17) is 10.4 Å². The van der Waals surface area contributed by atoms with Crippen molar-refractivity contribution in [1.82, 2.24) is 4.90 Å². The van der Waals surface area contributed by atoms with Crippen LogP contribution in [0.5, 0.6) is 0 Å². The summed E-state index contributed by atoms with van der Waals surface area (Å²) in [5.74, 6) is -0.798. The number of rotatable bonds is 6. The number of aliphatic hydroxyl groups excluding tert-OH is 1. The van der Waals surface area contributed by atoms with E-state index in [0.29, 0.717) is 13.1 Å². The van der Waals surface area contributed by atoms with E-state index in [2.05, 4.69) is 0 Å². The fourth-order valence-electron chi connectivity index (χ4n) is 1.13. The first kappa shape index (κ1) is 12.9. The molecule has 0 aromatic heterocycles. The quantitative estimate of drug-likeness (QED) is 0.685. The number of amides is 1. The lowest BCUT2D eigenvalue weighted by atomic mass is 10.1. The number of hydrogen-bond donors (Lipinski definition) is 1. The summed E-state index contributed by atoms with van der Waals surface area (Å²) in [5, 5.41) is 17.4. The van der Waals surface area contributed by atoms with E-state index < -0.39 is 5.92 Å². The van der Waals surface area contributed by atoms with Gasteiger partial charge in [-0.05, 0) is 13.3 Å². The highest BCUT2D eigenvalue weighted by atomic mass is 16.3. The molecule has 0 saturated carbocycles. The largest absolute Gasteiger partial charge is 0.395 e. The zero-order chi connectivity index (χ0) is 11.0. The average Bonchev–Trinajstić information content (AvgIpc) is 2.22. The van der Waals surface area contributed by atoms with Gasteiger partial charge in [-0.15, -0.1) is 0 Å². The number of nitriles is 1. The zero-order valence-corrected chi connectivity index (χ0v) is 8.86. The standard InChI is InChI=1S/C10H18N2O2/c1-3-4-5-12(6-7-13)10(14)9(2)8-11/h9,13H,3-7H2,1-2H3. The molecule has 4 nitrogen and oxygen atoms in total. The van der Waals surface area contributed by atoms with Crippen molar-refractivity contribution in [2.45, 2.75) is 26.7 Å². The maximum atomic E-state index is 11.6. The monoisotopic (exact) mass is 198 g/mol. The summed E-state index contributed by atoms with van der Waals surface area (Å²) in [6, 6.07) is 1.91. The van der Waals surface area contributed by atoms with Gasteiger partial charge in [-0.25, -0.2) is 0 Å². The fraction of sp³-hybridized carbons (Fsp3) is 0.800. The number of hydrogen-bond acceptors (Lipinski definition) is 3. The third-order valence-electron chi connectivity index (χ3n) is 2.03. The van der Waals surface area contributed by atoms with E-state index in [-0.39, 0.29) is 12.5 Å².